The summed E-state index contributed by atoms with van der Waals surface area (Å²) in [6.07, 6.45) is 3.76. The van der Waals surface area contributed by atoms with Gasteiger partial charge in [0.25, 0.3) is 0 Å². The molecule has 2 N–H and O–H groups in total. The van der Waals surface area contributed by atoms with Crippen LogP contribution >= 0.6 is 12.4 Å². The Bertz CT molecular complexity index is 530. The van der Waals surface area contributed by atoms with Gasteiger partial charge in [-0.15, -0.1) is 12.4 Å². The lowest BCUT2D eigenvalue weighted by Crippen LogP contribution is -2.31. The number of ether oxygens (including phenoxy) is 2. The Morgan fingerprint density at radius 3 is 2.68 bits per heavy atom. The third kappa shape index (κ3) is 8.23. The average Bonchev–Trinajstić information content (AvgIpc) is 3.10. The Hall–Kier alpha value is -1.79. The van der Waals surface area contributed by atoms with E-state index < -0.39 is 0 Å². The van der Waals surface area contributed by atoms with E-state index in [2.05, 4.69) is 15.4 Å². The summed E-state index contributed by atoms with van der Waals surface area (Å²) >= 11 is 0. The van der Waals surface area contributed by atoms with Crippen LogP contribution in [-0.2, 0) is 20.9 Å². The number of carbonyl (C=O) groups excluding carboxylic acids is 2. The summed E-state index contributed by atoms with van der Waals surface area (Å²) in [5, 5.41) is 6.27. The van der Waals surface area contributed by atoms with E-state index in [-0.39, 0.29) is 24.3 Å². The first kappa shape index (κ1) is 21.3. The minimum Gasteiger partial charge on any atom is -0.494 e. The first-order valence-electron chi connectivity index (χ1n) is 8.46. The number of rotatable bonds is 9. The zero-order chi connectivity index (χ0) is 17.2. The minimum atomic E-state index is -0.225. The Balaban J connectivity index is 0.00000312. The van der Waals surface area contributed by atoms with Crippen LogP contribution in [0.2, 0.25) is 0 Å². The molecule has 0 saturated carbocycles. The minimum absolute atomic E-state index is 0. The number of amides is 1. The van der Waals surface area contributed by atoms with Crippen molar-refractivity contribution in [2.45, 2.75) is 44.7 Å². The van der Waals surface area contributed by atoms with Gasteiger partial charge in [0.1, 0.15) is 5.75 Å². The van der Waals surface area contributed by atoms with E-state index in [1.807, 2.05) is 24.3 Å². The van der Waals surface area contributed by atoms with Crippen LogP contribution in [0, 0.1) is 0 Å². The summed E-state index contributed by atoms with van der Waals surface area (Å²) in [6.45, 7) is 2.01. The first-order valence-corrected chi connectivity index (χ1v) is 8.46. The SMILES string of the molecule is COC(=O)CCCOc1ccc(CNC(=O)CC2CCCN2)cc1.Cl. The van der Waals surface area contributed by atoms with Gasteiger partial charge < -0.3 is 20.1 Å². The molecule has 0 radical (unpaired) electrons. The molecule has 140 valence electrons. The third-order valence-corrected chi connectivity index (χ3v) is 4.03. The van der Waals surface area contributed by atoms with Gasteiger partial charge in [-0.05, 0) is 43.5 Å². The molecule has 7 heteroatoms. The highest BCUT2D eigenvalue weighted by Crippen LogP contribution is 2.13. The molecule has 1 fully saturated rings. The molecule has 0 aliphatic carbocycles. The van der Waals surface area contributed by atoms with Crippen LogP contribution in [0.15, 0.2) is 24.3 Å². The Morgan fingerprint density at radius 1 is 1.28 bits per heavy atom. The molecule has 0 bridgehead atoms. The van der Waals surface area contributed by atoms with E-state index >= 15 is 0 Å². The normalized spacial score (nSPS) is 16.0. The summed E-state index contributed by atoms with van der Waals surface area (Å²) in [5.41, 5.74) is 1.03. The average molecular weight is 371 g/mol. The number of benzene rings is 1. The fourth-order valence-corrected chi connectivity index (χ4v) is 2.64. The van der Waals surface area contributed by atoms with Crippen LogP contribution in [-0.4, -0.2) is 38.2 Å². The highest BCUT2D eigenvalue weighted by atomic mass is 35.5. The molecule has 0 aromatic heterocycles. The van der Waals surface area contributed by atoms with E-state index in [4.69, 9.17) is 4.74 Å². The van der Waals surface area contributed by atoms with Crippen molar-refractivity contribution in [2.24, 2.45) is 0 Å². The Morgan fingerprint density at radius 2 is 2.04 bits per heavy atom. The van der Waals surface area contributed by atoms with E-state index in [1.165, 1.54) is 7.11 Å². The summed E-state index contributed by atoms with van der Waals surface area (Å²) in [4.78, 5) is 22.9. The van der Waals surface area contributed by atoms with Gasteiger partial charge in [0.05, 0.1) is 13.7 Å². The molecular formula is C18H27ClN2O4. The van der Waals surface area contributed by atoms with E-state index in [0.29, 0.717) is 38.5 Å². The van der Waals surface area contributed by atoms with Crippen LogP contribution in [0.25, 0.3) is 0 Å². The molecule has 1 aromatic rings. The summed E-state index contributed by atoms with van der Waals surface area (Å²) in [6, 6.07) is 7.94. The quantitative estimate of drug-likeness (QED) is 0.514. The maximum Gasteiger partial charge on any atom is 0.305 e. The zero-order valence-corrected chi connectivity index (χ0v) is 15.4. The van der Waals surface area contributed by atoms with Crippen molar-refractivity contribution < 1.29 is 19.1 Å². The molecule has 1 unspecified atom stereocenters. The number of carbonyl (C=O) groups is 2. The molecule has 1 aliphatic heterocycles. The zero-order valence-electron chi connectivity index (χ0n) is 14.6. The summed E-state index contributed by atoms with van der Waals surface area (Å²) in [7, 11) is 1.38. The van der Waals surface area contributed by atoms with Crippen LogP contribution in [0.1, 0.15) is 37.7 Å². The molecular weight excluding hydrogens is 344 g/mol. The highest BCUT2D eigenvalue weighted by molar-refractivity contribution is 5.85. The lowest BCUT2D eigenvalue weighted by atomic mass is 10.1. The van der Waals surface area contributed by atoms with Gasteiger partial charge in [0.2, 0.25) is 5.91 Å². The maximum atomic E-state index is 11.9. The molecule has 0 spiro atoms. The Kier molecular flexibility index (Phi) is 9.96. The molecule has 1 heterocycles. The first-order chi connectivity index (χ1) is 11.7. The smallest absolute Gasteiger partial charge is 0.305 e. The van der Waals surface area contributed by atoms with Crippen molar-refractivity contribution in [3.8, 4) is 5.75 Å². The largest absolute Gasteiger partial charge is 0.494 e. The molecule has 25 heavy (non-hydrogen) atoms. The van der Waals surface area contributed by atoms with Gasteiger partial charge in [-0.1, -0.05) is 12.1 Å². The van der Waals surface area contributed by atoms with Crippen LogP contribution in [0.5, 0.6) is 5.75 Å². The molecule has 1 saturated heterocycles. The topological polar surface area (TPSA) is 76.7 Å². The van der Waals surface area contributed by atoms with Crippen molar-refractivity contribution in [3.05, 3.63) is 29.8 Å². The number of esters is 1. The van der Waals surface area contributed by atoms with Crippen LogP contribution in [0.4, 0.5) is 0 Å². The van der Waals surface area contributed by atoms with Gasteiger partial charge in [-0.2, -0.15) is 0 Å². The van der Waals surface area contributed by atoms with Gasteiger partial charge in [0.15, 0.2) is 0 Å². The van der Waals surface area contributed by atoms with Gasteiger partial charge >= 0.3 is 5.97 Å². The van der Waals surface area contributed by atoms with Gasteiger partial charge in [-0.3, -0.25) is 9.59 Å². The molecule has 1 atom stereocenters. The highest BCUT2D eigenvalue weighted by Gasteiger charge is 2.17. The third-order valence-electron chi connectivity index (χ3n) is 4.03. The van der Waals surface area contributed by atoms with Crippen LogP contribution < -0.4 is 15.4 Å². The van der Waals surface area contributed by atoms with Crippen molar-refractivity contribution in [2.75, 3.05) is 20.3 Å². The second kappa shape index (κ2) is 11.7. The lowest BCUT2D eigenvalue weighted by molar-refractivity contribution is -0.140. The standard InChI is InChI=1S/C18H26N2O4.ClH/c1-23-18(22)5-3-11-24-16-8-6-14(7-9-16)13-20-17(21)12-15-4-2-10-19-15;/h6-9,15,19H,2-5,10-13H2,1H3,(H,20,21);1H. The number of nitrogens with one attached hydrogen (secondary N) is 2. The predicted molar refractivity (Wildman–Crippen MR) is 97.9 cm³/mol. The predicted octanol–water partition coefficient (Wildman–Crippen LogP) is 2.20. The number of hydrogen-bond donors (Lipinski definition) is 2. The second-order valence-electron chi connectivity index (χ2n) is 5.95. The summed E-state index contributed by atoms with van der Waals surface area (Å²) in [5.74, 6) is 0.611. The van der Waals surface area contributed by atoms with E-state index in [0.717, 1.165) is 30.7 Å². The lowest BCUT2D eigenvalue weighted by Gasteiger charge is -2.11. The van der Waals surface area contributed by atoms with E-state index in [1.54, 1.807) is 0 Å². The summed E-state index contributed by atoms with van der Waals surface area (Å²) < 4.78 is 10.1. The fourth-order valence-electron chi connectivity index (χ4n) is 2.64. The number of hydrogen-bond acceptors (Lipinski definition) is 5. The van der Waals surface area contributed by atoms with Crippen LogP contribution in [0.3, 0.4) is 0 Å². The molecule has 6 nitrogen and oxygen atoms in total. The molecule has 1 aliphatic rings. The maximum absolute atomic E-state index is 11.9. The van der Waals surface area contributed by atoms with Crippen molar-refractivity contribution in [1.82, 2.24) is 10.6 Å². The second-order valence-corrected chi connectivity index (χ2v) is 5.95. The van der Waals surface area contributed by atoms with Crippen molar-refractivity contribution >= 4 is 24.3 Å². The Labute approximate surface area is 155 Å². The van der Waals surface area contributed by atoms with Gasteiger partial charge in [-0.25, -0.2) is 0 Å². The van der Waals surface area contributed by atoms with E-state index in [9.17, 15) is 9.59 Å². The van der Waals surface area contributed by atoms with Crippen molar-refractivity contribution in [3.63, 3.8) is 0 Å². The monoisotopic (exact) mass is 370 g/mol. The number of methoxy groups -OCH3 is 1. The number of halogens is 1. The molecule has 2 rings (SSSR count). The van der Waals surface area contributed by atoms with Crippen molar-refractivity contribution in [1.29, 1.82) is 0 Å². The molecule has 1 amide bonds. The van der Waals surface area contributed by atoms with Gasteiger partial charge in [0, 0.05) is 25.4 Å². The fraction of sp³-hybridized carbons (Fsp3) is 0.556. The molecule has 1 aromatic carbocycles.